The van der Waals surface area contributed by atoms with E-state index >= 15 is 0 Å². The predicted octanol–water partition coefficient (Wildman–Crippen LogP) is 6.28. The first-order chi connectivity index (χ1) is 17.4. The van der Waals surface area contributed by atoms with Gasteiger partial charge in [-0.25, -0.2) is 0 Å². The van der Waals surface area contributed by atoms with Gasteiger partial charge in [0.25, 0.3) is 5.91 Å². The molecule has 2 heterocycles. The van der Waals surface area contributed by atoms with Crippen molar-refractivity contribution in [3.8, 4) is 11.5 Å². The van der Waals surface area contributed by atoms with Gasteiger partial charge in [0.1, 0.15) is 17.1 Å². The maximum atomic E-state index is 13.8. The van der Waals surface area contributed by atoms with E-state index in [-0.39, 0.29) is 17.1 Å². The van der Waals surface area contributed by atoms with Gasteiger partial charge in [0.05, 0.1) is 30.7 Å². The Morgan fingerprint density at radius 3 is 2.47 bits per heavy atom. The van der Waals surface area contributed by atoms with Gasteiger partial charge < -0.3 is 13.9 Å². The van der Waals surface area contributed by atoms with Crippen LogP contribution in [0.15, 0.2) is 75.9 Å². The number of rotatable bonds is 7. The fourth-order valence-corrected chi connectivity index (χ4v) is 4.60. The van der Waals surface area contributed by atoms with Crippen LogP contribution in [-0.2, 0) is 0 Å². The molecule has 4 aromatic rings. The highest BCUT2D eigenvalue weighted by molar-refractivity contribution is 6.10. The van der Waals surface area contributed by atoms with E-state index in [1.54, 1.807) is 30.2 Å². The second-order valence-electron chi connectivity index (χ2n) is 9.55. The second kappa shape index (κ2) is 9.53. The largest absolute Gasteiger partial charge is 0.497 e. The molecule has 6 nitrogen and oxygen atoms in total. The first kappa shape index (κ1) is 23.7. The number of methoxy groups -OCH3 is 1. The Bertz CT molecular complexity index is 1490. The molecule has 0 aliphatic carbocycles. The van der Waals surface area contributed by atoms with Gasteiger partial charge in [-0.2, -0.15) is 0 Å². The summed E-state index contributed by atoms with van der Waals surface area (Å²) in [5, 5.41) is 0.465. The molecule has 0 saturated heterocycles. The third-order valence-corrected chi connectivity index (χ3v) is 6.51. The zero-order valence-electron chi connectivity index (χ0n) is 20.9. The minimum atomic E-state index is -0.657. The number of amides is 1. The summed E-state index contributed by atoms with van der Waals surface area (Å²) in [6.07, 6.45) is 0.932. The molecule has 1 unspecified atom stereocenters. The van der Waals surface area contributed by atoms with Gasteiger partial charge in [0.2, 0.25) is 5.76 Å². The summed E-state index contributed by atoms with van der Waals surface area (Å²) in [6.45, 7) is 6.82. The lowest BCUT2D eigenvalue weighted by atomic mass is 9.97. The smallest absolute Gasteiger partial charge is 0.295 e. The van der Waals surface area contributed by atoms with Crippen molar-refractivity contribution in [1.29, 1.82) is 0 Å². The zero-order chi connectivity index (χ0) is 25.4. The normalized spacial score (nSPS) is 15.0. The summed E-state index contributed by atoms with van der Waals surface area (Å²) in [6, 6.07) is 19.6. The molecule has 1 amide bonds. The highest BCUT2D eigenvalue weighted by Gasteiger charge is 2.43. The summed E-state index contributed by atoms with van der Waals surface area (Å²) < 4.78 is 17.4. The van der Waals surface area contributed by atoms with E-state index in [2.05, 4.69) is 13.8 Å². The van der Waals surface area contributed by atoms with Gasteiger partial charge >= 0.3 is 0 Å². The number of anilines is 1. The molecular weight excluding hydrogens is 454 g/mol. The average Bonchev–Trinajstić information content (AvgIpc) is 3.17. The van der Waals surface area contributed by atoms with Crippen LogP contribution in [0.1, 0.15) is 53.6 Å². The lowest BCUT2D eigenvalue weighted by Gasteiger charge is -2.25. The molecule has 3 aromatic carbocycles. The fourth-order valence-electron chi connectivity index (χ4n) is 4.60. The van der Waals surface area contributed by atoms with E-state index in [1.165, 1.54) is 0 Å². The summed E-state index contributed by atoms with van der Waals surface area (Å²) in [7, 11) is 1.59. The van der Waals surface area contributed by atoms with Gasteiger partial charge in [-0.1, -0.05) is 37.6 Å². The summed E-state index contributed by atoms with van der Waals surface area (Å²) in [5.41, 5.74) is 2.91. The number of aryl methyl sites for hydroxylation is 1. The van der Waals surface area contributed by atoms with Crippen molar-refractivity contribution in [1.82, 2.24) is 0 Å². The predicted molar refractivity (Wildman–Crippen MR) is 140 cm³/mol. The standard InChI is InChI=1S/C30H29NO5/c1-18(2)14-15-35-23-7-5-6-20(17-23)27-26-28(32)24-16-19(3)8-13-25(24)36-29(26)30(33)31(27)21-9-11-22(34-4)12-10-21/h5-13,16-18,27H,14-15H2,1-4H3. The van der Waals surface area contributed by atoms with Crippen LogP contribution in [0.25, 0.3) is 11.0 Å². The number of ether oxygens (including phenoxy) is 2. The van der Waals surface area contributed by atoms with E-state index < -0.39 is 6.04 Å². The number of nitrogens with zero attached hydrogens (tertiary/aromatic N) is 1. The lowest BCUT2D eigenvalue weighted by Crippen LogP contribution is -2.29. The van der Waals surface area contributed by atoms with Crippen molar-refractivity contribution in [2.75, 3.05) is 18.6 Å². The van der Waals surface area contributed by atoms with Crippen molar-refractivity contribution in [2.24, 2.45) is 5.92 Å². The van der Waals surface area contributed by atoms with Crippen molar-refractivity contribution >= 4 is 22.6 Å². The van der Waals surface area contributed by atoms with Crippen LogP contribution in [0.3, 0.4) is 0 Å². The summed E-state index contributed by atoms with van der Waals surface area (Å²) >= 11 is 0. The molecule has 36 heavy (non-hydrogen) atoms. The number of benzene rings is 3. The van der Waals surface area contributed by atoms with Crippen LogP contribution < -0.4 is 19.8 Å². The number of carbonyl (C=O) groups excluding carboxylic acids is 1. The Labute approximate surface area is 210 Å². The van der Waals surface area contributed by atoms with Crippen LogP contribution in [0.5, 0.6) is 11.5 Å². The van der Waals surface area contributed by atoms with Gasteiger partial charge in [-0.3, -0.25) is 14.5 Å². The van der Waals surface area contributed by atoms with Crippen LogP contribution >= 0.6 is 0 Å². The third kappa shape index (κ3) is 4.24. The van der Waals surface area contributed by atoms with Crippen LogP contribution in [-0.4, -0.2) is 19.6 Å². The maximum absolute atomic E-state index is 13.8. The zero-order valence-corrected chi connectivity index (χ0v) is 20.9. The Hall–Kier alpha value is -4.06. The van der Waals surface area contributed by atoms with Crippen LogP contribution in [0.2, 0.25) is 0 Å². The first-order valence-electron chi connectivity index (χ1n) is 12.1. The molecule has 1 aromatic heterocycles. The fraction of sp³-hybridized carbons (Fsp3) is 0.267. The quantitative estimate of drug-likeness (QED) is 0.309. The molecule has 184 valence electrons. The van der Waals surface area contributed by atoms with Crippen molar-refractivity contribution in [3.63, 3.8) is 0 Å². The van der Waals surface area contributed by atoms with Crippen LogP contribution in [0, 0.1) is 12.8 Å². The number of hydrogen-bond donors (Lipinski definition) is 0. The molecular formula is C30H29NO5. The minimum Gasteiger partial charge on any atom is -0.497 e. The Morgan fingerprint density at radius 1 is 0.972 bits per heavy atom. The van der Waals surface area contributed by atoms with Crippen molar-refractivity contribution in [2.45, 2.75) is 33.2 Å². The molecule has 0 fully saturated rings. The lowest BCUT2D eigenvalue weighted by molar-refractivity contribution is 0.0971. The Morgan fingerprint density at radius 2 is 1.75 bits per heavy atom. The number of hydrogen-bond acceptors (Lipinski definition) is 5. The maximum Gasteiger partial charge on any atom is 0.295 e. The van der Waals surface area contributed by atoms with Gasteiger partial charge in [-0.05, 0) is 73.4 Å². The third-order valence-electron chi connectivity index (χ3n) is 6.51. The summed E-state index contributed by atoms with van der Waals surface area (Å²) in [5.74, 6) is 1.62. The molecule has 0 N–H and O–H groups in total. The second-order valence-corrected chi connectivity index (χ2v) is 9.55. The van der Waals surface area contributed by atoms with E-state index in [0.29, 0.717) is 46.2 Å². The van der Waals surface area contributed by atoms with E-state index in [1.807, 2.05) is 55.5 Å². The monoisotopic (exact) mass is 483 g/mol. The van der Waals surface area contributed by atoms with Gasteiger partial charge in [0, 0.05) is 5.69 Å². The van der Waals surface area contributed by atoms with E-state index in [4.69, 9.17) is 13.9 Å². The number of fused-ring (bicyclic) bond motifs is 2. The Balaban J connectivity index is 1.67. The SMILES string of the molecule is COc1ccc(N2C(=O)c3oc4ccc(C)cc4c(=O)c3C2c2cccc(OCCC(C)C)c2)cc1. The molecule has 0 bridgehead atoms. The average molecular weight is 484 g/mol. The molecule has 1 atom stereocenters. The molecule has 0 radical (unpaired) electrons. The van der Waals surface area contributed by atoms with E-state index in [9.17, 15) is 9.59 Å². The van der Waals surface area contributed by atoms with Gasteiger partial charge in [0.15, 0.2) is 5.43 Å². The molecule has 1 aliphatic heterocycles. The molecule has 0 spiro atoms. The molecule has 5 rings (SSSR count). The Kier molecular flexibility index (Phi) is 6.27. The summed E-state index contributed by atoms with van der Waals surface area (Å²) in [4.78, 5) is 29.2. The molecule has 1 aliphatic rings. The van der Waals surface area contributed by atoms with Crippen LogP contribution in [0.4, 0.5) is 5.69 Å². The van der Waals surface area contributed by atoms with Crippen molar-refractivity contribution in [3.05, 3.63) is 99.4 Å². The molecule has 6 heteroatoms. The topological polar surface area (TPSA) is 69.0 Å². The highest BCUT2D eigenvalue weighted by Crippen LogP contribution is 2.42. The first-order valence-corrected chi connectivity index (χ1v) is 12.1. The highest BCUT2D eigenvalue weighted by atomic mass is 16.5. The number of carbonyl (C=O) groups is 1. The minimum absolute atomic E-state index is 0.0725. The van der Waals surface area contributed by atoms with Gasteiger partial charge in [-0.15, -0.1) is 0 Å². The molecule has 0 saturated carbocycles. The van der Waals surface area contributed by atoms with E-state index in [0.717, 1.165) is 17.5 Å². The van der Waals surface area contributed by atoms with Crippen molar-refractivity contribution < 1.29 is 18.7 Å².